The molecule has 1 aromatic heterocycles. The van der Waals surface area contributed by atoms with Crippen molar-refractivity contribution in [2.45, 2.75) is 6.92 Å². The number of benzene rings is 2. The molecule has 5 nitrogen and oxygen atoms in total. The highest BCUT2D eigenvalue weighted by Crippen LogP contribution is 2.19. The van der Waals surface area contributed by atoms with Crippen molar-refractivity contribution < 1.29 is 9.59 Å². The fraction of sp³-hybridized carbons (Fsp3) is 0.0625. The van der Waals surface area contributed by atoms with Crippen molar-refractivity contribution in [3.63, 3.8) is 0 Å². The van der Waals surface area contributed by atoms with Crippen LogP contribution in [0.15, 0.2) is 54.6 Å². The Morgan fingerprint density at radius 2 is 1.67 bits per heavy atom. The second-order valence-corrected chi connectivity index (χ2v) is 4.60. The van der Waals surface area contributed by atoms with E-state index in [1.54, 1.807) is 36.4 Å². The first-order valence-corrected chi connectivity index (χ1v) is 6.51. The van der Waals surface area contributed by atoms with Crippen LogP contribution in [-0.4, -0.2) is 21.4 Å². The molecule has 0 saturated carbocycles. The summed E-state index contributed by atoms with van der Waals surface area (Å²) >= 11 is 0. The number of rotatable bonds is 2. The molecule has 0 aliphatic rings. The molecule has 0 saturated heterocycles. The van der Waals surface area contributed by atoms with Gasteiger partial charge in [-0.15, -0.1) is 0 Å². The number of para-hydroxylation sites is 2. The SMILES string of the molecule is CC(=O)n1c(NC(=O)c2ccccc2)nc2ccccc21. The van der Waals surface area contributed by atoms with Crippen molar-refractivity contribution in [3.8, 4) is 0 Å². The van der Waals surface area contributed by atoms with Gasteiger partial charge in [0, 0.05) is 12.5 Å². The Bertz CT molecular complexity index is 822. The quantitative estimate of drug-likeness (QED) is 0.784. The number of nitrogens with one attached hydrogen (secondary N) is 1. The molecule has 0 fully saturated rings. The number of hydrogen-bond donors (Lipinski definition) is 1. The largest absolute Gasteiger partial charge is 0.291 e. The van der Waals surface area contributed by atoms with E-state index in [4.69, 9.17) is 0 Å². The summed E-state index contributed by atoms with van der Waals surface area (Å²) in [7, 11) is 0. The van der Waals surface area contributed by atoms with Gasteiger partial charge in [-0.1, -0.05) is 30.3 Å². The highest BCUT2D eigenvalue weighted by atomic mass is 16.2. The Morgan fingerprint density at radius 1 is 1.00 bits per heavy atom. The van der Waals surface area contributed by atoms with Crippen molar-refractivity contribution in [2.75, 3.05) is 5.32 Å². The average molecular weight is 279 g/mol. The zero-order valence-corrected chi connectivity index (χ0v) is 11.4. The predicted octanol–water partition coefficient (Wildman–Crippen LogP) is 2.95. The van der Waals surface area contributed by atoms with Crippen molar-refractivity contribution in [2.24, 2.45) is 0 Å². The number of aromatic nitrogens is 2. The topological polar surface area (TPSA) is 64.0 Å². The first kappa shape index (κ1) is 13.1. The van der Waals surface area contributed by atoms with Crippen molar-refractivity contribution >= 4 is 28.8 Å². The van der Waals surface area contributed by atoms with Crippen LogP contribution in [0.3, 0.4) is 0 Å². The van der Waals surface area contributed by atoms with Crippen LogP contribution in [0.1, 0.15) is 22.1 Å². The van der Waals surface area contributed by atoms with E-state index in [1.165, 1.54) is 11.5 Å². The van der Waals surface area contributed by atoms with Gasteiger partial charge in [-0.25, -0.2) is 9.55 Å². The fourth-order valence-electron chi connectivity index (χ4n) is 2.19. The summed E-state index contributed by atoms with van der Waals surface area (Å²) in [6, 6.07) is 16.1. The number of hydrogen-bond acceptors (Lipinski definition) is 3. The van der Waals surface area contributed by atoms with Gasteiger partial charge in [0.05, 0.1) is 11.0 Å². The average Bonchev–Trinajstić information content (AvgIpc) is 2.86. The lowest BCUT2D eigenvalue weighted by Gasteiger charge is -2.06. The lowest BCUT2D eigenvalue weighted by atomic mass is 10.2. The highest BCUT2D eigenvalue weighted by molar-refractivity contribution is 6.05. The van der Waals surface area contributed by atoms with Crippen LogP contribution < -0.4 is 5.32 Å². The van der Waals surface area contributed by atoms with Crippen LogP contribution in [0.4, 0.5) is 5.95 Å². The van der Waals surface area contributed by atoms with E-state index in [-0.39, 0.29) is 17.8 Å². The zero-order chi connectivity index (χ0) is 14.8. The number of carbonyl (C=O) groups excluding carboxylic acids is 2. The minimum atomic E-state index is -0.298. The Labute approximate surface area is 121 Å². The first-order chi connectivity index (χ1) is 10.2. The molecule has 1 heterocycles. The minimum absolute atomic E-state index is 0.202. The van der Waals surface area contributed by atoms with Gasteiger partial charge in [0.25, 0.3) is 5.91 Å². The lowest BCUT2D eigenvalue weighted by molar-refractivity contribution is 0.0943. The molecule has 2 aromatic carbocycles. The Hall–Kier alpha value is -2.95. The molecule has 0 atom stereocenters. The molecule has 0 aliphatic carbocycles. The van der Waals surface area contributed by atoms with Gasteiger partial charge in [-0.2, -0.15) is 0 Å². The maximum Gasteiger partial charge on any atom is 0.257 e. The van der Waals surface area contributed by atoms with E-state index in [0.717, 1.165) is 0 Å². The summed E-state index contributed by atoms with van der Waals surface area (Å²) in [5, 5.41) is 2.69. The molecule has 0 radical (unpaired) electrons. The Kier molecular flexibility index (Phi) is 3.23. The second kappa shape index (κ2) is 5.20. The van der Waals surface area contributed by atoms with Crippen LogP contribution in [0.2, 0.25) is 0 Å². The predicted molar refractivity (Wildman–Crippen MR) is 80.4 cm³/mol. The van der Waals surface area contributed by atoms with Crippen LogP contribution in [-0.2, 0) is 0 Å². The lowest BCUT2D eigenvalue weighted by Crippen LogP contribution is -2.18. The smallest absolute Gasteiger partial charge is 0.257 e. The second-order valence-electron chi connectivity index (χ2n) is 4.60. The monoisotopic (exact) mass is 279 g/mol. The third kappa shape index (κ3) is 2.41. The van der Waals surface area contributed by atoms with Crippen LogP contribution >= 0.6 is 0 Å². The highest BCUT2D eigenvalue weighted by Gasteiger charge is 2.16. The molecule has 0 aliphatic heterocycles. The molecule has 21 heavy (non-hydrogen) atoms. The normalized spacial score (nSPS) is 10.5. The summed E-state index contributed by atoms with van der Waals surface area (Å²) in [5.74, 6) is -0.266. The van der Waals surface area contributed by atoms with E-state index in [0.29, 0.717) is 16.6 Å². The number of nitrogens with zero attached hydrogens (tertiary/aromatic N) is 2. The van der Waals surface area contributed by atoms with Crippen LogP contribution in [0.25, 0.3) is 11.0 Å². The number of fused-ring (bicyclic) bond motifs is 1. The minimum Gasteiger partial charge on any atom is -0.291 e. The summed E-state index contributed by atoms with van der Waals surface area (Å²) in [6.45, 7) is 1.44. The Balaban J connectivity index is 2.03. The third-order valence-electron chi connectivity index (χ3n) is 3.14. The van der Waals surface area contributed by atoms with E-state index in [2.05, 4.69) is 10.3 Å². The van der Waals surface area contributed by atoms with Gasteiger partial charge in [-0.3, -0.25) is 14.9 Å². The van der Waals surface area contributed by atoms with E-state index in [9.17, 15) is 9.59 Å². The number of carbonyl (C=O) groups is 2. The first-order valence-electron chi connectivity index (χ1n) is 6.51. The fourth-order valence-corrected chi connectivity index (χ4v) is 2.19. The number of imidazole rings is 1. The molecule has 1 N–H and O–H groups in total. The van der Waals surface area contributed by atoms with Crippen LogP contribution in [0, 0.1) is 0 Å². The van der Waals surface area contributed by atoms with Gasteiger partial charge in [0.1, 0.15) is 0 Å². The maximum atomic E-state index is 12.2. The third-order valence-corrected chi connectivity index (χ3v) is 3.14. The van der Waals surface area contributed by atoms with Crippen molar-refractivity contribution in [3.05, 3.63) is 60.2 Å². The van der Waals surface area contributed by atoms with Crippen molar-refractivity contribution in [1.29, 1.82) is 0 Å². The molecule has 0 spiro atoms. The van der Waals surface area contributed by atoms with Gasteiger partial charge in [0.2, 0.25) is 11.9 Å². The molecule has 3 aromatic rings. The van der Waals surface area contributed by atoms with Crippen molar-refractivity contribution in [1.82, 2.24) is 9.55 Å². The summed E-state index contributed by atoms with van der Waals surface area (Å²) in [6.07, 6.45) is 0. The molecule has 3 rings (SSSR count). The standard InChI is InChI=1S/C16H13N3O2/c1-11(20)19-14-10-6-5-9-13(14)17-16(19)18-15(21)12-7-3-2-4-8-12/h2-10H,1H3,(H,17,18,21). The molecule has 5 heteroatoms. The molecule has 0 bridgehead atoms. The molecule has 1 amide bonds. The summed E-state index contributed by atoms with van der Waals surface area (Å²) < 4.78 is 1.40. The maximum absolute atomic E-state index is 12.2. The molecule has 0 unspecified atom stereocenters. The van der Waals surface area contributed by atoms with E-state index < -0.39 is 0 Å². The van der Waals surface area contributed by atoms with E-state index in [1.807, 2.05) is 18.2 Å². The van der Waals surface area contributed by atoms with Gasteiger partial charge >= 0.3 is 0 Å². The van der Waals surface area contributed by atoms with Gasteiger partial charge < -0.3 is 0 Å². The Morgan fingerprint density at radius 3 is 2.38 bits per heavy atom. The summed E-state index contributed by atoms with van der Waals surface area (Å²) in [5.41, 5.74) is 1.85. The molecular weight excluding hydrogens is 266 g/mol. The van der Waals surface area contributed by atoms with Gasteiger partial charge in [-0.05, 0) is 24.3 Å². The number of amides is 1. The molecular formula is C16H13N3O2. The zero-order valence-electron chi connectivity index (χ0n) is 11.4. The number of anilines is 1. The molecule has 104 valence electrons. The summed E-state index contributed by atoms with van der Waals surface area (Å²) in [4.78, 5) is 28.3. The van der Waals surface area contributed by atoms with Crippen LogP contribution in [0.5, 0.6) is 0 Å². The van der Waals surface area contributed by atoms with E-state index >= 15 is 0 Å². The van der Waals surface area contributed by atoms with Gasteiger partial charge in [0.15, 0.2) is 0 Å².